The largest absolute Gasteiger partial charge is 0.507 e. The van der Waals surface area contributed by atoms with Crippen LogP contribution >= 0.6 is 0 Å². The van der Waals surface area contributed by atoms with Gasteiger partial charge in [0, 0.05) is 11.8 Å². The smallest absolute Gasteiger partial charge is 0.296 e. The highest BCUT2D eigenvalue weighted by molar-refractivity contribution is 6.46. The number of ether oxygens (including phenoxy) is 1. The molecule has 35 heavy (non-hydrogen) atoms. The minimum atomic E-state index is -0.777. The third-order valence-corrected chi connectivity index (χ3v) is 6.14. The third-order valence-electron chi connectivity index (χ3n) is 6.14. The lowest BCUT2D eigenvalue weighted by molar-refractivity contribution is -0.140. The van der Waals surface area contributed by atoms with Crippen LogP contribution in [-0.2, 0) is 16.1 Å². The lowest BCUT2D eigenvalue weighted by Crippen LogP contribution is -2.29. The number of benzene rings is 2. The predicted molar refractivity (Wildman–Crippen MR) is 135 cm³/mol. The highest BCUT2D eigenvalue weighted by Crippen LogP contribution is 2.41. The van der Waals surface area contributed by atoms with Gasteiger partial charge in [0.05, 0.1) is 30.5 Å². The molecule has 180 valence electrons. The Kier molecular flexibility index (Phi) is 7.01. The van der Waals surface area contributed by atoms with Crippen molar-refractivity contribution < 1.29 is 19.4 Å². The van der Waals surface area contributed by atoms with Crippen molar-refractivity contribution in [2.45, 2.75) is 40.3 Å². The molecular weight excluding hydrogens is 440 g/mol. The van der Waals surface area contributed by atoms with Crippen LogP contribution in [0.15, 0.2) is 72.4 Å². The predicted octanol–water partition coefficient (Wildman–Crippen LogP) is 5.36. The molecule has 1 aromatic heterocycles. The number of aromatic nitrogens is 1. The zero-order chi connectivity index (χ0) is 25.1. The van der Waals surface area contributed by atoms with Gasteiger partial charge in [-0.2, -0.15) is 0 Å². The second kappa shape index (κ2) is 10.1. The first-order valence-electron chi connectivity index (χ1n) is 11.7. The minimum absolute atomic E-state index is 0.0650. The van der Waals surface area contributed by atoms with Gasteiger partial charge < -0.3 is 14.7 Å². The summed E-state index contributed by atoms with van der Waals surface area (Å²) in [5.74, 6) is -0.577. The summed E-state index contributed by atoms with van der Waals surface area (Å²) in [7, 11) is 0. The molecule has 0 radical (unpaired) electrons. The van der Waals surface area contributed by atoms with Gasteiger partial charge in [-0.05, 0) is 66.8 Å². The van der Waals surface area contributed by atoms with Gasteiger partial charge in [-0.15, -0.1) is 0 Å². The van der Waals surface area contributed by atoms with E-state index in [-0.39, 0.29) is 17.9 Å². The molecule has 0 saturated carbocycles. The number of carbonyl (C=O) groups excluding carboxylic acids is 2. The molecular formula is C29H30N2O4. The fraction of sp³-hybridized carbons (Fsp3) is 0.276. The molecule has 1 aliphatic rings. The van der Waals surface area contributed by atoms with E-state index in [0.29, 0.717) is 35.1 Å². The summed E-state index contributed by atoms with van der Waals surface area (Å²) in [4.78, 5) is 32.3. The molecule has 3 aromatic rings. The van der Waals surface area contributed by atoms with Gasteiger partial charge in [0.25, 0.3) is 11.7 Å². The molecule has 1 fully saturated rings. The van der Waals surface area contributed by atoms with E-state index in [0.717, 1.165) is 11.1 Å². The van der Waals surface area contributed by atoms with Crippen LogP contribution in [0.4, 0.5) is 0 Å². The van der Waals surface area contributed by atoms with Gasteiger partial charge in [0.1, 0.15) is 11.5 Å². The number of carbonyl (C=O) groups is 2. The van der Waals surface area contributed by atoms with Gasteiger partial charge in [-0.25, -0.2) is 0 Å². The van der Waals surface area contributed by atoms with Crippen LogP contribution < -0.4 is 4.74 Å². The molecule has 2 heterocycles. The third kappa shape index (κ3) is 5.11. The molecule has 1 aliphatic heterocycles. The Bertz CT molecular complexity index is 1280. The quantitative estimate of drug-likeness (QED) is 0.286. The zero-order valence-corrected chi connectivity index (χ0v) is 20.5. The number of nitrogens with zero attached hydrogens (tertiary/aromatic N) is 2. The number of aliphatic hydroxyl groups excluding tert-OH is 1. The molecule has 4 rings (SSSR count). The van der Waals surface area contributed by atoms with Crippen molar-refractivity contribution in [1.29, 1.82) is 0 Å². The second-order valence-corrected chi connectivity index (χ2v) is 9.32. The molecule has 1 saturated heterocycles. The molecule has 1 N–H and O–H groups in total. The van der Waals surface area contributed by atoms with Crippen molar-refractivity contribution in [3.05, 3.63) is 100 Å². The fourth-order valence-corrected chi connectivity index (χ4v) is 4.14. The van der Waals surface area contributed by atoms with Gasteiger partial charge >= 0.3 is 0 Å². The number of aliphatic hydroxyl groups is 1. The Morgan fingerprint density at radius 1 is 1.03 bits per heavy atom. The van der Waals surface area contributed by atoms with Crippen molar-refractivity contribution in [3.63, 3.8) is 0 Å². The van der Waals surface area contributed by atoms with E-state index in [4.69, 9.17) is 4.74 Å². The average Bonchev–Trinajstić information content (AvgIpc) is 3.09. The first kappa shape index (κ1) is 24.2. The monoisotopic (exact) mass is 470 g/mol. The summed E-state index contributed by atoms with van der Waals surface area (Å²) in [5.41, 5.74) is 3.96. The molecule has 6 heteroatoms. The van der Waals surface area contributed by atoms with Crippen molar-refractivity contribution in [1.82, 2.24) is 9.88 Å². The Hall–Kier alpha value is -3.93. The van der Waals surface area contributed by atoms with E-state index in [9.17, 15) is 14.7 Å². The first-order valence-corrected chi connectivity index (χ1v) is 11.7. The van der Waals surface area contributed by atoms with E-state index >= 15 is 0 Å². The number of hydrogen-bond acceptors (Lipinski definition) is 5. The molecule has 1 atom stereocenters. The number of rotatable bonds is 7. The molecule has 0 aliphatic carbocycles. The number of Topliss-reactive ketones (excluding diaryl/α,β-unsaturated/α-hetero) is 1. The molecule has 0 bridgehead atoms. The van der Waals surface area contributed by atoms with Crippen LogP contribution in [0.5, 0.6) is 5.75 Å². The van der Waals surface area contributed by atoms with Crippen molar-refractivity contribution >= 4 is 17.4 Å². The van der Waals surface area contributed by atoms with Crippen LogP contribution in [0.2, 0.25) is 0 Å². The van der Waals surface area contributed by atoms with Crippen molar-refractivity contribution in [2.75, 3.05) is 6.61 Å². The highest BCUT2D eigenvalue weighted by atomic mass is 16.5. The summed E-state index contributed by atoms with van der Waals surface area (Å²) in [6.45, 7) is 8.73. The van der Waals surface area contributed by atoms with Gasteiger partial charge in [-0.1, -0.05) is 44.2 Å². The summed E-state index contributed by atoms with van der Waals surface area (Å²) in [6, 6.07) is 17.5. The maximum Gasteiger partial charge on any atom is 0.296 e. The number of aryl methyl sites for hydroxylation is 2. The van der Waals surface area contributed by atoms with Crippen LogP contribution in [-0.4, -0.2) is 33.3 Å². The van der Waals surface area contributed by atoms with E-state index in [2.05, 4.69) is 18.8 Å². The Morgan fingerprint density at radius 2 is 1.83 bits per heavy atom. The van der Waals surface area contributed by atoms with Crippen LogP contribution in [0.3, 0.4) is 0 Å². The topological polar surface area (TPSA) is 79.7 Å². The number of hydrogen-bond donors (Lipinski definition) is 1. The van der Waals surface area contributed by atoms with Crippen molar-refractivity contribution in [2.24, 2.45) is 5.92 Å². The van der Waals surface area contributed by atoms with Gasteiger partial charge in [0.15, 0.2) is 0 Å². The number of likely N-dealkylation sites (tertiary alicyclic amines) is 1. The SMILES string of the molecule is Cc1ccc(/C(O)=C2/C(=O)C(=O)N(Cc3ccccn3)C2c2cccc(OCC(C)C)c2)cc1C. The molecule has 1 amide bonds. The van der Waals surface area contributed by atoms with Gasteiger partial charge in [-0.3, -0.25) is 14.6 Å². The Balaban J connectivity index is 1.84. The lowest BCUT2D eigenvalue weighted by Gasteiger charge is -2.25. The number of ketones is 1. The minimum Gasteiger partial charge on any atom is -0.507 e. The van der Waals surface area contributed by atoms with Crippen molar-refractivity contribution in [3.8, 4) is 5.75 Å². The second-order valence-electron chi connectivity index (χ2n) is 9.32. The lowest BCUT2D eigenvalue weighted by atomic mass is 9.94. The average molecular weight is 471 g/mol. The van der Waals surface area contributed by atoms with E-state index in [1.54, 1.807) is 18.3 Å². The van der Waals surface area contributed by atoms with E-state index in [1.165, 1.54) is 4.90 Å². The first-order chi connectivity index (χ1) is 16.8. The zero-order valence-electron chi connectivity index (χ0n) is 20.5. The summed E-state index contributed by atoms with van der Waals surface area (Å²) in [5, 5.41) is 11.3. The number of pyridine rings is 1. The standard InChI is InChI=1S/C29H30N2O4/c1-18(2)17-35-24-10-7-8-21(15-24)26-25(27(32)22-12-11-19(3)20(4)14-22)28(33)29(34)31(26)16-23-9-5-6-13-30-23/h5-15,18,26,32H,16-17H2,1-4H3/b27-25-. The summed E-state index contributed by atoms with van der Waals surface area (Å²) in [6.07, 6.45) is 1.65. The van der Waals surface area contributed by atoms with Gasteiger partial charge in [0.2, 0.25) is 0 Å². The molecule has 6 nitrogen and oxygen atoms in total. The maximum atomic E-state index is 13.3. The normalized spacial score (nSPS) is 17.3. The van der Waals surface area contributed by atoms with Crippen LogP contribution in [0, 0.1) is 19.8 Å². The summed E-state index contributed by atoms with van der Waals surface area (Å²) < 4.78 is 5.90. The van der Waals surface area contributed by atoms with E-state index < -0.39 is 17.7 Å². The fourth-order valence-electron chi connectivity index (χ4n) is 4.14. The Labute approximate surface area is 205 Å². The summed E-state index contributed by atoms with van der Waals surface area (Å²) >= 11 is 0. The highest BCUT2D eigenvalue weighted by Gasteiger charge is 2.46. The van der Waals surface area contributed by atoms with Crippen LogP contribution in [0.1, 0.15) is 47.8 Å². The van der Waals surface area contributed by atoms with Crippen LogP contribution in [0.25, 0.3) is 5.76 Å². The Morgan fingerprint density at radius 3 is 2.51 bits per heavy atom. The number of amides is 1. The molecule has 0 spiro atoms. The molecule has 2 aromatic carbocycles. The molecule has 1 unspecified atom stereocenters. The van der Waals surface area contributed by atoms with E-state index in [1.807, 2.05) is 62.4 Å². The maximum absolute atomic E-state index is 13.3.